The predicted molar refractivity (Wildman–Crippen MR) is 129 cm³/mol. The Morgan fingerprint density at radius 2 is 1.94 bits per heavy atom. The molecule has 0 atom stereocenters. The summed E-state index contributed by atoms with van der Waals surface area (Å²) in [5.74, 6) is -0.151. The molecule has 1 fully saturated rings. The lowest BCUT2D eigenvalue weighted by Gasteiger charge is -2.21. The molecule has 10 heteroatoms. The molecule has 3 rings (SSSR count). The summed E-state index contributed by atoms with van der Waals surface area (Å²) < 4.78 is 0. The fourth-order valence-electron chi connectivity index (χ4n) is 3.51. The summed E-state index contributed by atoms with van der Waals surface area (Å²) in [6, 6.07) is 0. The Labute approximate surface area is 198 Å². The number of anilines is 1. The summed E-state index contributed by atoms with van der Waals surface area (Å²) in [6.45, 7) is 12.6. The molecule has 1 N–H and O–H groups in total. The maximum absolute atomic E-state index is 12.7. The van der Waals surface area contributed by atoms with Crippen LogP contribution in [0.15, 0.2) is 5.38 Å². The van der Waals surface area contributed by atoms with Gasteiger partial charge >= 0.3 is 0 Å². The molecule has 8 nitrogen and oxygen atoms in total. The van der Waals surface area contributed by atoms with Crippen LogP contribution in [0.25, 0.3) is 0 Å². The summed E-state index contributed by atoms with van der Waals surface area (Å²) in [7, 11) is 0. The first-order valence-electron chi connectivity index (χ1n) is 11.3. The molecule has 2 aromatic rings. The molecule has 32 heavy (non-hydrogen) atoms. The lowest BCUT2D eigenvalue weighted by molar-refractivity contribution is -0.132. The molecule has 1 saturated heterocycles. The monoisotopic (exact) mass is 478 g/mol. The van der Waals surface area contributed by atoms with E-state index in [1.165, 1.54) is 11.3 Å². The van der Waals surface area contributed by atoms with Gasteiger partial charge in [0.05, 0.1) is 10.7 Å². The summed E-state index contributed by atoms with van der Waals surface area (Å²) in [4.78, 5) is 33.9. The van der Waals surface area contributed by atoms with Gasteiger partial charge in [-0.05, 0) is 12.8 Å². The molecule has 2 aromatic heterocycles. The van der Waals surface area contributed by atoms with Crippen molar-refractivity contribution in [1.29, 1.82) is 0 Å². The van der Waals surface area contributed by atoms with Crippen LogP contribution >= 0.6 is 22.7 Å². The Bertz CT molecular complexity index is 904. The van der Waals surface area contributed by atoms with E-state index < -0.39 is 0 Å². The van der Waals surface area contributed by atoms with Gasteiger partial charge in [0.25, 0.3) is 0 Å². The smallest absolute Gasteiger partial charge is 0.226 e. The van der Waals surface area contributed by atoms with Crippen LogP contribution < -0.4 is 5.32 Å². The molecule has 0 unspecified atom stereocenters. The number of aromatic nitrogens is 3. The largest absolute Gasteiger partial charge is 0.341 e. The second kappa shape index (κ2) is 11.3. The normalized spacial score (nSPS) is 15.6. The minimum absolute atomic E-state index is 0.0367. The third-order valence-corrected chi connectivity index (χ3v) is 7.48. The first kappa shape index (κ1) is 24.7. The molecule has 2 amide bonds. The van der Waals surface area contributed by atoms with Gasteiger partial charge in [-0.25, -0.2) is 4.98 Å². The van der Waals surface area contributed by atoms with E-state index in [0.29, 0.717) is 11.7 Å². The van der Waals surface area contributed by atoms with Crippen molar-refractivity contribution in [1.82, 2.24) is 25.0 Å². The SMILES string of the molecule is CCCc1nnc(NC(=O)CCC(=O)N2CCCN(Cc3csc(C(C)(C)C)n3)CC2)s1. The van der Waals surface area contributed by atoms with Gasteiger partial charge in [0.2, 0.25) is 16.9 Å². The highest BCUT2D eigenvalue weighted by molar-refractivity contribution is 7.15. The third kappa shape index (κ3) is 7.31. The molecule has 3 heterocycles. The van der Waals surface area contributed by atoms with Crippen LogP contribution in [0, 0.1) is 0 Å². The van der Waals surface area contributed by atoms with E-state index in [0.717, 1.165) is 61.2 Å². The number of hydrogen-bond acceptors (Lipinski definition) is 8. The second-order valence-corrected chi connectivity index (χ2v) is 11.1. The number of thiazole rings is 1. The van der Waals surface area contributed by atoms with Gasteiger partial charge in [-0.3, -0.25) is 14.5 Å². The average molecular weight is 479 g/mol. The Morgan fingerprint density at radius 3 is 2.66 bits per heavy atom. The molecule has 0 aliphatic carbocycles. The first-order valence-corrected chi connectivity index (χ1v) is 13.0. The first-order chi connectivity index (χ1) is 15.2. The fourth-order valence-corrected chi connectivity index (χ4v) is 5.27. The zero-order valence-electron chi connectivity index (χ0n) is 19.5. The van der Waals surface area contributed by atoms with Crippen molar-refractivity contribution in [2.75, 3.05) is 31.5 Å². The predicted octanol–water partition coefficient (Wildman–Crippen LogP) is 3.70. The molecule has 176 valence electrons. The molecule has 1 aliphatic heterocycles. The Hall–Kier alpha value is -1.91. The number of rotatable bonds is 8. The highest BCUT2D eigenvalue weighted by atomic mass is 32.1. The summed E-state index contributed by atoms with van der Waals surface area (Å²) in [6.07, 6.45) is 3.16. The maximum Gasteiger partial charge on any atom is 0.226 e. The Kier molecular flexibility index (Phi) is 8.72. The van der Waals surface area contributed by atoms with Crippen molar-refractivity contribution >= 4 is 39.6 Å². The number of nitrogens with zero attached hydrogens (tertiary/aromatic N) is 5. The van der Waals surface area contributed by atoms with Crippen molar-refractivity contribution in [3.8, 4) is 0 Å². The van der Waals surface area contributed by atoms with Crippen LogP contribution in [0.5, 0.6) is 0 Å². The molecular formula is C22H34N6O2S2. The van der Waals surface area contributed by atoms with Crippen LogP contribution in [0.2, 0.25) is 0 Å². The zero-order valence-corrected chi connectivity index (χ0v) is 21.2. The number of hydrogen-bond donors (Lipinski definition) is 1. The van der Waals surface area contributed by atoms with E-state index in [1.807, 2.05) is 4.90 Å². The van der Waals surface area contributed by atoms with Crippen LogP contribution in [0.3, 0.4) is 0 Å². The number of amides is 2. The summed E-state index contributed by atoms with van der Waals surface area (Å²) in [5, 5.41) is 15.5. The maximum atomic E-state index is 12.7. The lowest BCUT2D eigenvalue weighted by Crippen LogP contribution is -2.35. The highest BCUT2D eigenvalue weighted by Crippen LogP contribution is 2.26. The summed E-state index contributed by atoms with van der Waals surface area (Å²) >= 11 is 3.12. The molecule has 1 aliphatic rings. The third-order valence-electron chi connectivity index (χ3n) is 5.26. The van der Waals surface area contributed by atoms with Crippen molar-refractivity contribution < 1.29 is 9.59 Å². The van der Waals surface area contributed by atoms with Gasteiger partial charge in [-0.2, -0.15) is 0 Å². The van der Waals surface area contributed by atoms with E-state index in [9.17, 15) is 9.59 Å². The van der Waals surface area contributed by atoms with Gasteiger partial charge < -0.3 is 10.2 Å². The van der Waals surface area contributed by atoms with Crippen molar-refractivity contribution in [3.63, 3.8) is 0 Å². The standard InChI is InChI=1S/C22H34N6O2S2/c1-5-7-18-25-26-21(32-18)24-17(29)8-9-19(30)28-11-6-10-27(12-13-28)14-16-15-31-20(23-16)22(2,3)4/h15H,5-14H2,1-4H3,(H,24,26,29). The fraction of sp³-hybridized carbons (Fsp3) is 0.682. The van der Waals surface area contributed by atoms with Crippen LogP contribution in [-0.4, -0.2) is 63.0 Å². The molecular weight excluding hydrogens is 444 g/mol. The van der Waals surface area contributed by atoms with Gasteiger partial charge in [0, 0.05) is 62.8 Å². The zero-order chi connectivity index (χ0) is 23.1. The molecule has 0 spiro atoms. The number of aryl methyl sites for hydroxylation is 1. The van der Waals surface area contributed by atoms with Crippen LogP contribution in [0.1, 0.15) is 69.1 Å². The van der Waals surface area contributed by atoms with E-state index >= 15 is 0 Å². The second-order valence-electron chi connectivity index (χ2n) is 9.20. The van der Waals surface area contributed by atoms with Crippen LogP contribution in [-0.2, 0) is 28.0 Å². The van der Waals surface area contributed by atoms with E-state index in [1.54, 1.807) is 11.3 Å². The van der Waals surface area contributed by atoms with Gasteiger partial charge in [0.15, 0.2) is 0 Å². The van der Waals surface area contributed by atoms with Crippen molar-refractivity contribution in [3.05, 3.63) is 21.1 Å². The van der Waals surface area contributed by atoms with Gasteiger partial charge in [0.1, 0.15) is 5.01 Å². The van der Waals surface area contributed by atoms with E-state index in [4.69, 9.17) is 4.98 Å². The molecule has 0 bridgehead atoms. The van der Waals surface area contributed by atoms with Crippen molar-refractivity contribution in [2.45, 2.75) is 71.8 Å². The van der Waals surface area contributed by atoms with E-state index in [-0.39, 0.29) is 30.1 Å². The number of carbonyl (C=O) groups excluding carboxylic acids is 2. The Morgan fingerprint density at radius 1 is 1.12 bits per heavy atom. The molecule has 0 saturated carbocycles. The highest BCUT2D eigenvalue weighted by Gasteiger charge is 2.22. The number of carbonyl (C=O) groups is 2. The van der Waals surface area contributed by atoms with Crippen LogP contribution in [0.4, 0.5) is 5.13 Å². The minimum Gasteiger partial charge on any atom is -0.341 e. The molecule has 0 radical (unpaired) electrons. The number of nitrogens with one attached hydrogen (secondary N) is 1. The summed E-state index contributed by atoms with van der Waals surface area (Å²) in [5.41, 5.74) is 1.18. The van der Waals surface area contributed by atoms with E-state index in [2.05, 4.69) is 53.5 Å². The van der Waals surface area contributed by atoms with Gasteiger partial charge in [-0.15, -0.1) is 21.5 Å². The van der Waals surface area contributed by atoms with Crippen molar-refractivity contribution in [2.24, 2.45) is 0 Å². The topological polar surface area (TPSA) is 91.3 Å². The minimum atomic E-state index is -0.188. The average Bonchev–Trinajstić information content (AvgIpc) is 3.31. The van der Waals surface area contributed by atoms with Gasteiger partial charge in [-0.1, -0.05) is 39.0 Å². The Balaban J connectivity index is 1.41. The quantitative estimate of drug-likeness (QED) is 0.622. The molecule has 0 aromatic carbocycles. The lowest BCUT2D eigenvalue weighted by atomic mass is 9.98.